The van der Waals surface area contributed by atoms with Crippen molar-refractivity contribution in [1.29, 1.82) is 0 Å². The molecule has 3 aromatic rings. The molecular weight excluding hydrogens is 584 g/mol. The Labute approximate surface area is 253 Å². The molecule has 0 spiro atoms. The van der Waals surface area contributed by atoms with Crippen LogP contribution in [0.1, 0.15) is 71.6 Å². The number of amides is 1. The fraction of sp³-hybridized carbons (Fsp3) is 0.375. The van der Waals surface area contributed by atoms with Crippen LogP contribution >= 0.6 is 23.2 Å². The fourth-order valence-corrected chi connectivity index (χ4v) is 6.39. The third kappa shape index (κ3) is 5.09. The molecule has 3 N–H and O–H groups in total. The van der Waals surface area contributed by atoms with E-state index in [4.69, 9.17) is 27.9 Å². The van der Waals surface area contributed by atoms with E-state index >= 15 is 4.39 Å². The number of halogens is 3. The lowest BCUT2D eigenvalue weighted by Crippen LogP contribution is -2.47. The number of carbonyl (C=O) groups is 2. The van der Waals surface area contributed by atoms with Crippen LogP contribution in [0, 0.1) is 11.7 Å². The van der Waals surface area contributed by atoms with Crippen molar-refractivity contribution in [3.63, 3.8) is 0 Å². The van der Waals surface area contributed by atoms with E-state index in [2.05, 4.69) is 0 Å². The Bertz CT molecular complexity index is 1500. The summed E-state index contributed by atoms with van der Waals surface area (Å²) >= 11 is 12.2. The molecule has 1 fully saturated rings. The Morgan fingerprint density at radius 2 is 1.74 bits per heavy atom. The van der Waals surface area contributed by atoms with Crippen LogP contribution in [0.15, 0.2) is 60.7 Å². The number of carboxylic acids is 1. The van der Waals surface area contributed by atoms with Gasteiger partial charge in [0.2, 0.25) is 0 Å². The molecule has 1 saturated heterocycles. The quantitative estimate of drug-likeness (QED) is 0.256. The molecule has 2 unspecified atom stereocenters. The van der Waals surface area contributed by atoms with Crippen LogP contribution in [0.5, 0.6) is 0 Å². The largest absolute Gasteiger partial charge is 0.481 e. The topological polar surface area (TPSA) is 107 Å². The van der Waals surface area contributed by atoms with Gasteiger partial charge in [0.25, 0.3) is 5.91 Å². The second-order valence-electron chi connectivity index (χ2n) is 11.0. The lowest BCUT2D eigenvalue weighted by molar-refractivity contribution is -0.178. The third-order valence-corrected chi connectivity index (χ3v) is 9.28. The molecule has 3 aromatic carbocycles. The zero-order chi connectivity index (χ0) is 30.4. The molecule has 5 atom stereocenters. The lowest BCUT2D eigenvalue weighted by atomic mass is 9.80. The first-order valence-electron chi connectivity index (χ1n) is 13.9. The maximum atomic E-state index is 16.1. The summed E-state index contributed by atoms with van der Waals surface area (Å²) in [4.78, 5) is 27.3. The molecule has 7 nitrogen and oxygen atoms in total. The number of ether oxygens (including phenoxy) is 1. The molecule has 1 amide bonds. The van der Waals surface area contributed by atoms with Crippen molar-refractivity contribution in [3.05, 3.63) is 104 Å². The summed E-state index contributed by atoms with van der Waals surface area (Å²) in [6.07, 6.45) is 0.422. The number of benzene rings is 3. The van der Waals surface area contributed by atoms with Gasteiger partial charge in [0.05, 0.1) is 23.1 Å². The van der Waals surface area contributed by atoms with Gasteiger partial charge in [-0.15, -0.1) is 0 Å². The average Bonchev–Trinajstić information content (AvgIpc) is 3.15. The Balaban J connectivity index is 1.59. The number of carboxylic acid groups (broad SMARTS) is 1. The van der Waals surface area contributed by atoms with Gasteiger partial charge >= 0.3 is 5.97 Å². The Morgan fingerprint density at radius 3 is 2.26 bits per heavy atom. The number of rotatable bonds is 10. The van der Waals surface area contributed by atoms with Crippen LogP contribution in [0.2, 0.25) is 10.0 Å². The smallest absolute Gasteiger partial charge is 0.306 e. The minimum Gasteiger partial charge on any atom is -0.481 e. The zero-order valence-corrected chi connectivity index (χ0v) is 24.7. The number of hydrogen-bond acceptors (Lipinski definition) is 5. The molecule has 0 radical (unpaired) electrons. The van der Waals surface area contributed by atoms with E-state index in [9.17, 15) is 24.9 Å². The summed E-state index contributed by atoms with van der Waals surface area (Å²) in [6, 6.07) is 15.5. The van der Waals surface area contributed by atoms with Gasteiger partial charge in [-0.25, -0.2) is 4.39 Å². The van der Waals surface area contributed by atoms with Crippen molar-refractivity contribution in [1.82, 2.24) is 4.90 Å². The van der Waals surface area contributed by atoms with Crippen LogP contribution in [-0.4, -0.2) is 51.4 Å². The molecule has 2 heterocycles. The molecule has 0 bridgehead atoms. The number of carbonyl (C=O) groups excluding carboxylic acids is 1. The molecule has 5 rings (SSSR count). The highest BCUT2D eigenvalue weighted by atomic mass is 35.5. The summed E-state index contributed by atoms with van der Waals surface area (Å²) in [7, 11) is 0. The minimum absolute atomic E-state index is 0.0806. The highest BCUT2D eigenvalue weighted by Gasteiger charge is 2.53. The average molecular weight is 617 g/mol. The maximum Gasteiger partial charge on any atom is 0.306 e. The van der Waals surface area contributed by atoms with E-state index in [1.54, 1.807) is 38.1 Å². The number of fused-ring (bicyclic) bond motifs is 1. The van der Waals surface area contributed by atoms with Crippen LogP contribution in [-0.2, 0) is 20.9 Å². The first-order valence-corrected chi connectivity index (χ1v) is 14.6. The minimum atomic E-state index is -2.21. The lowest BCUT2D eigenvalue weighted by Gasteiger charge is -2.41. The highest BCUT2D eigenvalue weighted by Crippen LogP contribution is 2.47. The van der Waals surface area contributed by atoms with Crippen LogP contribution < -0.4 is 0 Å². The molecule has 0 aromatic heterocycles. The van der Waals surface area contributed by atoms with Gasteiger partial charge in [-0.2, -0.15) is 0 Å². The summed E-state index contributed by atoms with van der Waals surface area (Å²) in [5.74, 6) is -3.90. The summed E-state index contributed by atoms with van der Waals surface area (Å²) in [5, 5.41) is 34.5. The van der Waals surface area contributed by atoms with E-state index in [0.717, 1.165) is 11.0 Å². The summed E-state index contributed by atoms with van der Waals surface area (Å²) < 4.78 is 21.7. The Kier molecular flexibility index (Phi) is 8.40. The van der Waals surface area contributed by atoms with Crippen LogP contribution in [0.3, 0.4) is 0 Å². The number of hydrogen-bond donors (Lipinski definition) is 3. The number of aliphatic hydroxyl groups is 2. The van der Waals surface area contributed by atoms with Crippen molar-refractivity contribution in [3.8, 4) is 0 Å². The summed E-state index contributed by atoms with van der Waals surface area (Å²) in [5.41, 5.74) is -2.93. The predicted octanol–water partition coefficient (Wildman–Crippen LogP) is 6.06. The second-order valence-corrected chi connectivity index (χ2v) is 11.9. The van der Waals surface area contributed by atoms with Gasteiger partial charge in [-0.1, -0.05) is 61.3 Å². The molecule has 222 valence electrons. The Hall–Kier alpha value is -3.01. The highest BCUT2D eigenvalue weighted by molar-refractivity contribution is 6.30. The third-order valence-electron chi connectivity index (χ3n) is 8.78. The molecule has 2 aliphatic heterocycles. The molecular formula is C32H32Cl2FNO6. The van der Waals surface area contributed by atoms with E-state index in [-0.39, 0.29) is 41.6 Å². The van der Waals surface area contributed by atoms with Gasteiger partial charge in [-0.3, -0.25) is 9.59 Å². The van der Waals surface area contributed by atoms with E-state index in [1.165, 1.54) is 30.3 Å². The molecule has 0 saturated carbocycles. The second kappa shape index (κ2) is 11.6. The standard InChI is InChI=1S/C32H32Cl2FNO6/c1-3-31(40,27-13-15-42-27)21-16-25-28(26(35)17-21)32(41,20-6-10-23(34)11-7-20)36(29(25)37)14-12-24(18(2)30(38)39)19-4-8-22(33)9-5-19/h4-11,16-18,24,27,40-41H,3,12-15H2,1-2H3,(H,38,39)/t18-,24-,27?,31-,32?/m0/s1. The van der Waals surface area contributed by atoms with Gasteiger partial charge in [0.1, 0.15) is 11.4 Å². The predicted molar refractivity (Wildman–Crippen MR) is 156 cm³/mol. The zero-order valence-electron chi connectivity index (χ0n) is 23.2. The van der Waals surface area contributed by atoms with Crippen molar-refractivity contribution in [2.45, 2.75) is 56.5 Å². The molecule has 42 heavy (non-hydrogen) atoms. The van der Waals surface area contributed by atoms with Gasteiger partial charge in [0, 0.05) is 35.2 Å². The van der Waals surface area contributed by atoms with Gasteiger partial charge in [0.15, 0.2) is 5.72 Å². The molecule has 0 aliphatic carbocycles. The first kappa shape index (κ1) is 30.4. The number of aliphatic carboxylic acids is 1. The van der Waals surface area contributed by atoms with Crippen molar-refractivity contribution in [2.24, 2.45) is 5.92 Å². The van der Waals surface area contributed by atoms with Crippen molar-refractivity contribution in [2.75, 3.05) is 13.2 Å². The first-order chi connectivity index (χ1) is 19.9. The molecule has 10 heteroatoms. The fourth-order valence-electron chi connectivity index (χ4n) is 6.14. The van der Waals surface area contributed by atoms with E-state index < -0.39 is 47.0 Å². The monoisotopic (exact) mass is 615 g/mol. The van der Waals surface area contributed by atoms with Crippen molar-refractivity contribution < 1.29 is 34.0 Å². The van der Waals surface area contributed by atoms with E-state index in [0.29, 0.717) is 28.6 Å². The summed E-state index contributed by atoms with van der Waals surface area (Å²) in [6.45, 7) is 3.71. The van der Waals surface area contributed by atoms with Gasteiger partial charge < -0.3 is 25.0 Å². The molecule has 2 aliphatic rings. The van der Waals surface area contributed by atoms with Gasteiger partial charge in [-0.05, 0) is 66.3 Å². The van der Waals surface area contributed by atoms with Crippen LogP contribution in [0.25, 0.3) is 0 Å². The normalized spacial score (nSPS) is 22.7. The number of nitrogens with zero attached hydrogens (tertiary/aromatic N) is 1. The SMILES string of the molecule is CC[C@](O)(c1cc(F)c2c(c1)C(=O)N(CC[C@H](c1ccc(Cl)cc1)[C@H](C)C(=O)O)C2(O)c1ccc(Cl)cc1)C1CCO1. The Morgan fingerprint density at radius 1 is 1.14 bits per heavy atom. The van der Waals surface area contributed by atoms with Crippen molar-refractivity contribution >= 4 is 35.1 Å². The van der Waals surface area contributed by atoms with Crippen LogP contribution in [0.4, 0.5) is 4.39 Å². The maximum absolute atomic E-state index is 16.1. The van der Waals surface area contributed by atoms with E-state index in [1.807, 2.05) is 0 Å².